The zero-order chi connectivity index (χ0) is 23.5. The highest BCUT2D eigenvalue weighted by atomic mass is 35.5. The maximum absolute atomic E-state index is 9.73. The smallest absolute Gasteiger partial charge is 0.0940 e. The first-order valence-electron chi connectivity index (χ1n) is 11.9. The van der Waals surface area contributed by atoms with Gasteiger partial charge in [-0.3, -0.25) is 9.88 Å². The first-order chi connectivity index (χ1) is 16.1. The number of halogens is 2. The Bertz CT molecular complexity index is 976. The SMILES string of the molecule is CNC(C)C(O)c1ccccc1.Cc1ccc(/C(=C\CN2CCCC2)c2ccccn2)cc1.Cl.Cl. The van der Waals surface area contributed by atoms with Crippen LogP contribution in [0.5, 0.6) is 0 Å². The van der Waals surface area contributed by atoms with Crippen LogP contribution in [0.2, 0.25) is 0 Å². The third-order valence-corrected chi connectivity index (χ3v) is 6.13. The predicted octanol–water partition coefficient (Wildman–Crippen LogP) is 6.09. The highest BCUT2D eigenvalue weighted by molar-refractivity contribution is 5.85. The molecule has 6 heteroatoms. The second kappa shape index (κ2) is 16.5. The topological polar surface area (TPSA) is 48.4 Å². The van der Waals surface area contributed by atoms with Crippen LogP contribution in [0.15, 0.2) is 85.1 Å². The van der Waals surface area contributed by atoms with Gasteiger partial charge in [0.05, 0.1) is 11.8 Å². The second-order valence-electron chi connectivity index (χ2n) is 8.64. The van der Waals surface area contributed by atoms with E-state index in [1.165, 1.54) is 42.6 Å². The molecule has 0 amide bonds. The largest absolute Gasteiger partial charge is 0.387 e. The maximum Gasteiger partial charge on any atom is 0.0940 e. The summed E-state index contributed by atoms with van der Waals surface area (Å²) in [6.07, 6.45) is 6.44. The van der Waals surface area contributed by atoms with E-state index in [0.29, 0.717) is 0 Å². The van der Waals surface area contributed by atoms with Gasteiger partial charge in [0.25, 0.3) is 0 Å². The number of aliphatic hydroxyl groups is 1. The number of benzene rings is 2. The Morgan fingerprint density at radius 3 is 2.17 bits per heavy atom. The first-order valence-corrected chi connectivity index (χ1v) is 11.9. The zero-order valence-electron chi connectivity index (χ0n) is 20.9. The summed E-state index contributed by atoms with van der Waals surface area (Å²) in [6.45, 7) is 7.54. The van der Waals surface area contributed by atoms with Crippen molar-refractivity contribution in [2.45, 2.75) is 38.8 Å². The Morgan fingerprint density at radius 1 is 0.971 bits per heavy atom. The third kappa shape index (κ3) is 9.75. The lowest BCUT2D eigenvalue weighted by molar-refractivity contribution is 0.140. The van der Waals surface area contributed by atoms with Crippen LogP contribution in [-0.4, -0.2) is 47.7 Å². The van der Waals surface area contributed by atoms with E-state index in [9.17, 15) is 5.11 Å². The van der Waals surface area contributed by atoms with Crippen molar-refractivity contribution in [3.8, 4) is 0 Å². The van der Waals surface area contributed by atoms with Crippen molar-refractivity contribution in [2.24, 2.45) is 0 Å². The molecule has 0 radical (unpaired) electrons. The van der Waals surface area contributed by atoms with Crippen LogP contribution in [0, 0.1) is 6.92 Å². The summed E-state index contributed by atoms with van der Waals surface area (Å²) in [7, 11) is 1.84. The quantitative estimate of drug-likeness (QED) is 0.399. The number of aromatic nitrogens is 1. The number of nitrogens with one attached hydrogen (secondary N) is 1. The van der Waals surface area contributed by atoms with Crippen LogP contribution in [0.3, 0.4) is 0 Å². The normalized spacial score (nSPS) is 15.1. The standard InChI is InChI=1S/C19H22N2.C10H15NO.2ClH/c1-16-7-9-17(10-8-16)18(19-6-2-3-12-20-19)11-15-21-13-4-5-14-21;1-8(11-2)10(12)9-6-4-3-5-7-9;;/h2-3,6-12H,4-5,13-15H2,1H3;3-8,10-12H,1-2H3;2*1H/b18-11+;;;. The molecule has 0 spiro atoms. The molecule has 2 unspecified atom stereocenters. The van der Waals surface area contributed by atoms with Crippen LogP contribution >= 0.6 is 24.8 Å². The lowest BCUT2D eigenvalue weighted by Gasteiger charge is -2.17. The Kier molecular flexibility index (Phi) is 14.5. The minimum absolute atomic E-state index is 0. The van der Waals surface area contributed by atoms with Gasteiger partial charge in [0.1, 0.15) is 0 Å². The van der Waals surface area contributed by atoms with Crippen LogP contribution < -0.4 is 5.32 Å². The molecule has 0 bridgehead atoms. The van der Waals surface area contributed by atoms with Crippen molar-refractivity contribution in [2.75, 3.05) is 26.7 Å². The molecule has 1 aliphatic rings. The molecule has 1 aliphatic heterocycles. The lowest BCUT2D eigenvalue weighted by Crippen LogP contribution is -2.28. The van der Waals surface area contributed by atoms with Crippen LogP contribution in [0.4, 0.5) is 0 Å². The number of nitrogens with zero attached hydrogens (tertiary/aromatic N) is 2. The van der Waals surface area contributed by atoms with Crippen LogP contribution in [-0.2, 0) is 0 Å². The molecule has 190 valence electrons. The molecule has 1 aromatic heterocycles. The monoisotopic (exact) mass is 515 g/mol. The van der Waals surface area contributed by atoms with Gasteiger partial charge in [-0.05, 0) is 70.1 Å². The summed E-state index contributed by atoms with van der Waals surface area (Å²) < 4.78 is 0. The second-order valence-corrected chi connectivity index (χ2v) is 8.64. The molecule has 0 saturated carbocycles. The number of aryl methyl sites for hydroxylation is 1. The molecule has 35 heavy (non-hydrogen) atoms. The summed E-state index contributed by atoms with van der Waals surface area (Å²) in [5.41, 5.74) is 5.79. The first kappa shape index (κ1) is 30.8. The van der Waals surface area contributed by atoms with E-state index < -0.39 is 6.10 Å². The average Bonchev–Trinajstić information content (AvgIpc) is 3.39. The summed E-state index contributed by atoms with van der Waals surface area (Å²) in [4.78, 5) is 7.05. The van der Waals surface area contributed by atoms with Crippen LogP contribution in [0.1, 0.15) is 48.3 Å². The summed E-state index contributed by atoms with van der Waals surface area (Å²) in [5, 5.41) is 12.7. The van der Waals surface area contributed by atoms with Gasteiger partial charge in [0.15, 0.2) is 0 Å². The Hall–Kier alpha value is -2.21. The van der Waals surface area contributed by atoms with E-state index in [0.717, 1.165) is 17.8 Å². The average molecular weight is 517 g/mol. The number of pyridine rings is 1. The molecule has 4 nitrogen and oxygen atoms in total. The molecule has 2 atom stereocenters. The molecular formula is C29H39Cl2N3O. The van der Waals surface area contributed by atoms with Gasteiger partial charge in [-0.2, -0.15) is 0 Å². The van der Waals surface area contributed by atoms with E-state index in [1.807, 2.05) is 56.6 Å². The molecule has 4 rings (SSSR count). The summed E-state index contributed by atoms with van der Waals surface area (Å²) in [6, 6.07) is 24.6. The minimum atomic E-state index is -0.420. The van der Waals surface area contributed by atoms with Crippen molar-refractivity contribution in [1.29, 1.82) is 0 Å². The molecular weight excluding hydrogens is 477 g/mol. The van der Waals surface area contributed by atoms with Gasteiger partial charge in [0, 0.05) is 24.4 Å². The minimum Gasteiger partial charge on any atom is -0.387 e. The predicted molar refractivity (Wildman–Crippen MR) is 153 cm³/mol. The molecule has 1 saturated heterocycles. The van der Waals surface area contributed by atoms with Gasteiger partial charge in [-0.25, -0.2) is 0 Å². The van der Waals surface area contributed by atoms with E-state index in [-0.39, 0.29) is 30.9 Å². The van der Waals surface area contributed by atoms with Crippen LogP contribution in [0.25, 0.3) is 5.57 Å². The van der Waals surface area contributed by atoms with Crippen molar-refractivity contribution in [3.05, 3.63) is 107 Å². The fraction of sp³-hybridized carbons (Fsp3) is 0.345. The van der Waals surface area contributed by atoms with Gasteiger partial charge in [-0.1, -0.05) is 72.3 Å². The Balaban J connectivity index is 0.000000379. The zero-order valence-corrected chi connectivity index (χ0v) is 22.6. The molecule has 2 aromatic carbocycles. The lowest BCUT2D eigenvalue weighted by atomic mass is 10.0. The van der Waals surface area contributed by atoms with Crippen molar-refractivity contribution < 1.29 is 5.11 Å². The van der Waals surface area contributed by atoms with Crippen molar-refractivity contribution in [3.63, 3.8) is 0 Å². The van der Waals surface area contributed by atoms with Crippen molar-refractivity contribution >= 4 is 30.4 Å². The summed E-state index contributed by atoms with van der Waals surface area (Å²) >= 11 is 0. The number of likely N-dealkylation sites (N-methyl/N-ethyl adjacent to an activating group) is 1. The number of hydrogen-bond donors (Lipinski definition) is 2. The van der Waals surface area contributed by atoms with E-state index in [1.54, 1.807) is 0 Å². The van der Waals surface area contributed by atoms with Gasteiger partial charge < -0.3 is 10.4 Å². The van der Waals surface area contributed by atoms with E-state index in [4.69, 9.17) is 0 Å². The fourth-order valence-corrected chi connectivity index (χ4v) is 3.91. The summed E-state index contributed by atoms with van der Waals surface area (Å²) in [5.74, 6) is 0. The number of rotatable bonds is 7. The Labute approximate surface area is 223 Å². The maximum atomic E-state index is 9.73. The molecule has 2 heterocycles. The molecule has 3 aromatic rings. The van der Waals surface area contributed by atoms with E-state index in [2.05, 4.69) is 64.6 Å². The highest BCUT2D eigenvalue weighted by Gasteiger charge is 2.13. The number of aliphatic hydroxyl groups excluding tert-OH is 1. The number of hydrogen-bond acceptors (Lipinski definition) is 4. The van der Waals surface area contributed by atoms with Gasteiger partial charge in [0.2, 0.25) is 0 Å². The molecule has 2 N–H and O–H groups in total. The Morgan fingerprint density at radius 2 is 1.60 bits per heavy atom. The molecule has 1 fully saturated rings. The fourth-order valence-electron chi connectivity index (χ4n) is 3.91. The van der Waals surface area contributed by atoms with Crippen molar-refractivity contribution in [1.82, 2.24) is 15.2 Å². The van der Waals surface area contributed by atoms with Gasteiger partial charge >= 0.3 is 0 Å². The highest BCUT2D eigenvalue weighted by Crippen LogP contribution is 2.22. The van der Waals surface area contributed by atoms with E-state index >= 15 is 0 Å². The number of likely N-dealkylation sites (tertiary alicyclic amines) is 1. The third-order valence-electron chi connectivity index (χ3n) is 6.13. The van der Waals surface area contributed by atoms with Gasteiger partial charge in [-0.15, -0.1) is 24.8 Å². The molecule has 0 aliphatic carbocycles.